The van der Waals surface area contributed by atoms with E-state index in [4.69, 9.17) is 42.1 Å². The number of esters is 2. The van der Waals surface area contributed by atoms with E-state index in [1.165, 1.54) is 10.7 Å². The number of hydrogen-bond donors (Lipinski definition) is 1. The molecule has 15 heteroatoms. The van der Waals surface area contributed by atoms with Crippen LogP contribution < -0.4 is 19.7 Å². The van der Waals surface area contributed by atoms with Crippen molar-refractivity contribution in [3.63, 3.8) is 0 Å². The number of carbonyl (C=O) groups is 4. The lowest BCUT2D eigenvalue weighted by molar-refractivity contribution is -0.152. The second-order valence-electron chi connectivity index (χ2n) is 12.3. The van der Waals surface area contributed by atoms with Gasteiger partial charge in [-0.1, -0.05) is 41.4 Å². The van der Waals surface area contributed by atoms with Crippen molar-refractivity contribution in [2.75, 3.05) is 37.9 Å². The Hall–Kier alpha value is -5.14. The van der Waals surface area contributed by atoms with Crippen molar-refractivity contribution in [3.05, 3.63) is 93.5 Å². The number of para-hydroxylation sites is 1. The maximum absolute atomic E-state index is 15.5. The molecule has 5 rings (SSSR count). The van der Waals surface area contributed by atoms with Crippen molar-refractivity contribution in [1.82, 2.24) is 15.1 Å². The Morgan fingerprint density at radius 1 is 1.04 bits per heavy atom. The van der Waals surface area contributed by atoms with Crippen LogP contribution in [0.1, 0.15) is 61.0 Å². The molecule has 0 radical (unpaired) electrons. The van der Waals surface area contributed by atoms with Crippen LogP contribution in [-0.2, 0) is 30.4 Å². The van der Waals surface area contributed by atoms with Gasteiger partial charge in [-0.15, -0.1) is 0 Å². The fourth-order valence-corrected chi connectivity index (χ4v) is 6.31. The Morgan fingerprint density at radius 3 is 2.57 bits per heavy atom. The molecule has 0 saturated heterocycles. The lowest BCUT2D eigenvalue weighted by Crippen LogP contribution is -2.43. The van der Waals surface area contributed by atoms with Crippen LogP contribution >= 0.6 is 23.2 Å². The maximum atomic E-state index is 15.5. The van der Waals surface area contributed by atoms with Crippen LogP contribution in [0.25, 0.3) is 11.1 Å². The molecule has 0 fully saturated rings. The van der Waals surface area contributed by atoms with Gasteiger partial charge in [-0.05, 0) is 63.9 Å². The number of anilines is 1. The molecule has 1 atom stereocenters. The fraction of sp³-hybridized carbons (Fsp3) is 0.359. The zero-order valence-electron chi connectivity index (χ0n) is 30.2. The van der Waals surface area contributed by atoms with Gasteiger partial charge < -0.3 is 29.2 Å². The van der Waals surface area contributed by atoms with E-state index in [0.717, 1.165) is 11.6 Å². The first-order chi connectivity index (χ1) is 26.0. The summed E-state index contributed by atoms with van der Waals surface area (Å²) in [5, 5.41) is 7.40. The number of carbonyl (C=O) groups excluding carboxylic acids is 4. The molecule has 1 aliphatic rings. The zero-order chi connectivity index (χ0) is 38.8. The van der Waals surface area contributed by atoms with Crippen molar-refractivity contribution in [2.24, 2.45) is 0 Å². The van der Waals surface area contributed by atoms with Crippen molar-refractivity contribution in [3.8, 4) is 22.6 Å². The number of benzene rings is 3. The van der Waals surface area contributed by atoms with Gasteiger partial charge in [0.05, 0.1) is 51.3 Å². The number of rotatable bonds is 15. The Kier molecular flexibility index (Phi) is 13.9. The lowest BCUT2D eigenvalue weighted by Gasteiger charge is -2.23. The van der Waals surface area contributed by atoms with Gasteiger partial charge in [-0.3, -0.25) is 19.1 Å². The first-order valence-electron chi connectivity index (χ1n) is 17.6. The molecule has 0 saturated carbocycles. The summed E-state index contributed by atoms with van der Waals surface area (Å²) in [4.78, 5) is 52.7. The van der Waals surface area contributed by atoms with E-state index < -0.39 is 36.1 Å². The normalized spacial score (nSPS) is 12.9. The highest BCUT2D eigenvalue weighted by atomic mass is 35.5. The third-order valence-corrected chi connectivity index (χ3v) is 9.34. The average Bonchev–Trinajstić information content (AvgIpc) is 3.50. The molecule has 1 aliphatic heterocycles. The molecular weight excluding hydrogens is 742 g/mol. The zero-order valence-corrected chi connectivity index (χ0v) is 31.7. The third kappa shape index (κ3) is 9.88. The Labute approximate surface area is 322 Å². The molecule has 0 bridgehead atoms. The van der Waals surface area contributed by atoms with Crippen molar-refractivity contribution < 1.29 is 42.5 Å². The standard InChI is InChI=1S/C39H41Cl2FN4O8/c1-4-51-36(48)20-32(39(50)52-5-2)44-38(49)25-18-30(41)28(31(42)19-25)23-45-22-26(21-43-45)27-10-6-12-33-37(27)54-17-9-15-46(33)35(47)14-8-16-53-34-13-7-11-29(40)24(34)3/h6-7,10-13,18-19,21-22,32H,4-5,8-9,14-17,20,23H2,1-3H3,(H,44,49)/t32-/m1/s1. The number of halogens is 3. The summed E-state index contributed by atoms with van der Waals surface area (Å²) in [6, 6.07) is 11.9. The van der Waals surface area contributed by atoms with Gasteiger partial charge in [-0.2, -0.15) is 5.10 Å². The molecule has 1 aromatic heterocycles. The van der Waals surface area contributed by atoms with Crippen LogP contribution in [0.3, 0.4) is 0 Å². The number of fused-ring (bicyclic) bond motifs is 1. The lowest BCUT2D eigenvalue weighted by atomic mass is 10.1. The van der Waals surface area contributed by atoms with E-state index in [1.54, 1.807) is 37.2 Å². The van der Waals surface area contributed by atoms with Gasteiger partial charge in [0.1, 0.15) is 17.6 Å². The van der Waals surface area contributed by atoms with Gasteiger partial charge >= 0.3 is 11.9 Å². The second kappa shape index (κ2) is 18.8. The predicted octanol–water partition coefficient (Wildman–Crippen LogP) is 6.94. The molecule has 3 aromatic carbocycles. The molecule has 0 unspecified atom stereocenters. The smallest absolute Gasteiger partial charge is 0.329 e. The van der Waals surface area contributed by atoms with Crippen LogP contribution in [0.5, 0.6) is 11.5 Å². The molecule has 2 heterocycles. The highest BCUT2D eigenvalue weighted by molar-refractivity contribution is 6.32. The summed E-state index contributed by atoms with van der Waals surface area (Å²) in [7, 11) is 0. The number of amides is 2. The first kappa shape index (κ1) is 40.1. The van der Waals surface area contributed by atoms with E-state index in [-0.39, 0.29) is 48.2 Å². The fourth-order valence-electron chi connectivity index (χ4n) is 5.88. The van der Waals surface area contributed by atoms with Crippen LogP contribution in [-0.4, -0.2) is 72.5 Å². The van der Waals surface area contributed by atoms with Gasteiger partial charge in [0, 0.05) is 57.0 Å². The van der Waals surface area contributed by atoms with Crippen molar-refractivity contribution >= 4 is 52.6 Å². The monoisotopic (exact) mass is 782 g/mol. The highest BCUT2D eigenvalue weighted by Gasteiger charge is 2.28. The molecular formula is C39H41Cl2FN4O8. The number of ether oxygens (including phenoxy) is 4. The molecule has 1 N–H and O–H groups in total. The molecule has 286 valence electrons. The Bertz CT molecular complexity index is 1980. The van der Waals surface area contributed by atoms with Gasteiger partial charge in [0.2, 0.25) is 5.91 Å². The minimum atomic E-state index is -1.34. The summed E-state index contributed by atoms with van der Waals surface area (Å²) in [6.45, 7) is 6.38. The van der Waals surface area contributed by atoms with E-state index in [9.17, 15) is 19.2 Å². The van der Waals surface area contributed by atoms with Gasteiger partial charge in [-0.25, -0.2) is 9.18 Å². The molecule has 0 aliphatic carbocycles. The first-order valence-corrected chi connectivity index (χ1v) is 18.3. The maximum Gasteiger partial charge on any atom is 0.329 e. The molecule has 0 spiro atoms. The number of nitrogens with zero attached hydrogens (tertiary/aromatic N) is 3. The SMILES string of the molecule is CCOC(=O)C[C@@H](NC(=O)c1cc(F)c(Cn2cc(-c3cccc4c3OCCCN4C(=O)CCCOc3cccc(Cl)c3C)cn2)c(Cl)c1)C(=O)OCC. The molecule has 2 amide bonds. The Balaban J connectivity index is 1.27. The van der Waals surface area contributed by atoms with Crippen molar-refractivity contribution in [1.29, 1.82) is 0 Å². The average molecular weight is 784 g/mol. The van der Waals surface area contributed by atoms with E-state index >= 15 is 4.39 Å². The molecule has 54 heavy (non-hydrogen) atoms. The number of nitrogens with one attached hydrogen (secondary N) is 1. The molecule has 4 aromatic rings. The number of hydrogen-bond acceptors (Lipinski definition) is 9. The Morgan fingerprint density at radius 2 is 1.81 bits per heavy atom. The van der Waals surface area contributed by atoms with Crippen molar-refractivity contribution in [2.45, 2.75) is 59.0 Å². The molecule has 12 nitrogen and oxygen atoms in total. The van der Waals surface area contributed by atoms with Crippen LogP contribution in [0.2, 0.25) is 10.0 Å². The largest absolute Gasteiger partial charge is 0.493 e. The highest BCUT2D eigenvalue weighted by Crippen LogP contribution is 2.40. The minimum Gasteiger partial charge on any atom is -0.493 e. The summed E-state index contributed by atoms with van der Waals surface area (Å²) in [6.07, 6.45) is 4.28. The van der Waals surface area contributed by atoms with E-state index in [0.29, 0.717) is 65.9 Å². The summed E-state index contributed by atoms with van der Waals surface area (Å²) in [5.74, 6) is -1.97. The third-order valence-electron chi connectivity index (χ3n) is 8.59. The van der Waals surface area contributed by atoms with Crippen LogP contribution in [0.4, 0.5) is 10.1 Å². The minimum absolute atomic E-state index is 0.0268. The second-order valence-corrected chi connectivity index (χ2v) is 13.2. The van der Waals surface area contributed by atoms with Crippen LogP contribution in [0, 0.1) is 12.7 Å². The predicted molar refractivity (Wildman–Crippen MR) is 201 cm³/mol. The number of aromatic nitrogens is 2. The topological polar surface area (TPSA) is 138 Å². The summed E-state index contributed by atoms with van der Waals surface area (Å²) in [5.41, 5.74) is 2.78. The van der Waals surface area contributed by atoms with E-state index in [2.05, 4.69) is 10.4 Å². The van der Waals surface area contributed by atoms with Crippen LogP contribution in [0.15, 0.2) is 60.9 Å². The van der Waals surface area contributed by atoms with Gasteiger partial charge in [0.25, 0.3) is 5.91 Å². The summed E-state index contributed by atoms with van der Waals surface area (Å²) < 4.78 is 38.9. The van der Waals surface area contributed by atoms with E-state index in [1.807, 2.05) is 37.3 Å². The van der Waals surface area contributed by atoms with Gasteiger partial charge in [0.15, 0.2) is 5.75 Å². The summed E-state index contributed by atoms with van der Waals surface area (Å²) >= 11 is 12.7. The quantitative estimate of drug-likeness (QED) is 0.100.